The van der Waals surface area contributed by atoms with Crippen molar-refractivity contribution < 1.29 is 4.79 Å². The van der Waals surface area contributed by atoms with Crippen molar-refractivity contribution in [3.63, 3.8) is 0 Å². The van der Waals surface area contributed by atoms with Crippen molar-refractivity contribution in [1.29, 1.82) is 0 Å². The van der Waals surface area contributed by atoms with E-state index < -0.39 is 0 Å². The molecule has 3 nitrogen and oxygen atoms in total. The van der Waals surface area contributed by atoms with Gasteiger partial charge in [0.1, 0.15) is 0 Å². The Morgan fingerprint density at radius 2 is 1.88 bits per heavy atom. The van der Waals surface area contributed by atoms with Crippen molar-refractivity contribution in [3.8, 4) is 0 Å². The minimum atomic E-state index is -0.314. The van der Waals surface area contributed by atoms with Crippen LogP contribution in [0.5, 0.6) is 0 Å². The van der Waals surface area contributed by atoms with Crippen LogP contribution in [-0.2, 0) is 4.79 Å². The molecule has 1 amide bonds. The number of likely N-dealkylation sites (tertiary alicyclic amines) is 1. The SMILES string of the molecule is CCC(C)C(N)C(=O)N1CCC(C)(CC)CC1. The summed E-state index contributed by atoms with van der Waals surface area (Å²) in [6.07, 6.45) is 4.39. The highest BCUT2D eigenvalue weighted by Crippen LogP contribution is 2.34. The average molecular weight is 240 g/mol. The summed E-state index contributed by atoms with van der Waals surface area (Å²) >= 11 is 0. The Morgan fingerprint density at radius 1 is 1.35 bits per heavy atom. The molecule has 0 spiro atoms. The lowest BCUT2D eigenvalue weighted by Gasteiger charge is -2.40. The zero-order valence-electron chi connectivity index (χ0n) is 11.8. The first kappa shape index (κ1) is 14.5. The van der Waals surface area contributed by atoms with Crippen molar-refractivity contribution in [2.24, 2.45) is 17.1 Å². The summed E-state index contributed by atoms with van der Waals surface area (Å²) in [6.45, 7) is 10.5. The average Bonchev–Trinajstić information content (AvgIpc) is 2.37. The zero-order chi connectivity index (χ0) is 13.1. The van der Waals surface area contributed by atoms with E-state index in [1.54, 1.807) is 0 Å². The predicted octanol–water partition coefficient (Wildman–Crippen LogP) is 2.40. The van der Waals surface area contributed by atoms with Gasteiger partial charge >= 0.3 is 0 Å². The molecule has 0 radical (unpaired) electrons. The Morgan fingerprint density at radius 3 is 2.29 bits per heavy atom. The van der Waals surface area contributed by atoms with Gasteiger partial charge in [0.15, 0.2) is 0 Å². The Bertz CT molecular complexity index is 257. The Hall–Kier alpha value is -0.570. The van der Waals surface area contributed by atoms with Crippen LogP contribution >= 0.6 is 0 Å². The van der Waals surface area contributed by atoms with Crippen LogP contribution in [0.25, 0.3) is 0 Å². The molecule has 0 aliphatic carbocycles. The lowest BCUT2D eigenvalue weighted by atomic mass is 9.78. The van der Waals surface area contributed by atoms with Gasteiger partial charge in [-0.1, -0.05) is 40.5 Å². The molecule has 100 valence electrons. The second-order valence-electron chi connectivity index (χ2n) is 5.90. The third kappa shape index (κ3) is 3.44. The van der Waals surface area contributed by atoms with Crippen molar-refractivity contribution in [2.75, 3.05) is 13.1 Å². The normalized spacial score (nSPS) is 23.2. The van der Waals surface area contributed by atoms with Gasteiger partial charge in [0.05, 0.1) is 6.04 Å². The monoisotopic (exact) mass is 240 g/mol. The standard InChI is InChI=1S/C14H28N2O/c1-5-11(3)12(15)13(17)16-9-7-14(4,6-2)8-10-16/h11-12H,5-10,15H2,1-4H3. The molecule has 1 heterocycles. The van der Waals surface area contributed by atoms with E-state index in [-0.39, 0.29) is 17.9 Å². The van der Waals surface area contributed by atoms with Crippen LogP contribution in [0.2, 0.25) is 0 Å². The summed E-state index contributed by atoms with van der Waals surface area (Å²) in [5, 5.41) is 0. The minimum absolute atomic E-state index is 0.150. The maximum atomic E-state index is 12.2. The van der Waals surface area contributed by atoms with Crippen molar-refractivity contribution in [2.45, 2.75) is 59.4 Å². The second kappa shape index (κ2) is 5.85. The highest BCUT2D eigenvalue weighted by Gasteiger charge is 2.32. The third-order valence-electron chi connectivity index (χ3n) is 4.68. The number of carbonyl (C=O) groups excluding carboxylic acids is 1. The fourth-order valence-corrected chi connectivity index (χ4v) is 2.33. The number of piperidine rings is 1. The zero-order valence-corrected chi connectivity index (χ0v) is 11.8. The summed E-state index contributed by atoms with van der Waals surface area (Å²) in [5.41, 5.74) is 6.44. The number of hydrogen-bond donors (Lipinski definition) is 1. The summed E-state index contributed by atoms with van der Waals surface area (Å²) in [5.74, 6) is 0.430. The van der Waals surface area contributed by atoms with Crippen LogP contribution in [0.1, 0.15) is 53.4 Å². The van der Waals surface area contributed by atoms with E-state index in [1.807, 2.05) is 4.90 Å². The van der Waals surface area contributed by atoms with E-state index in [9.17, 15) is 4.79 Å². The maximum absolute atomic E-state index is 12.2. The molecule has 1 fully saturated rings. The van der Waals surface area contributed by atoms with Gasteiger partial charge < -0.3 is 10.6 Å². The smallest absolute Gasteiger partial charge is 0.239 e. The molecule has 0 bridgehead atoms. The topological polar surface area (TPSA) is 46.3 Å². The molecule has 1 rings (SSSR count). The maximum Gasteiger partial charge on any atom is 0.239 e. The molecule has 2 N–H and O–H groups in total. The van der Waals surface area contributed by atoms with Gasteiger partial charge in [0, 0.05) is 13.1 Å². The molecule has 1 saturated heterocycles. The first-order valence-corrected chi connectivity index (χ1v) is 6.98. The van der Waals surface area contributed by atoms with Crippen LogP contribution in [0.4, 0.5) is 0 Å². The molecule has 0 aromatic carbocycles. The van der Waals surface area contributed by atoms with E-state index in [2.05, 4.69) is 27.7 Å². The lowest BCUT2D eigenvalue weighted by molar-refractivity contribution is -0.136. The van der Waals surface area contributed by atoms with Crippen LogP contribution in [0.3, 0.4) is 0 Å². The summed E-state index contributed by atoms with van der Waals surface area (Å²) in [7, 11) is 0. The molecular weight excluding hydrogens is 212 g/mol. The Balaban J connectivity index is 2.51. The van der Waals surface area contributed by atoms with E-state index in [0.29, 0.717) is 5.41 Å². The van der Waals surface area contributed by atoms with Gasteiger partial charge in [-0.05, 0) is 24.2 Å². The van der Waals surface area contributed by atoms with E-state index >= 15 is 0 Å². The molecule has 2 unspecified atom stereocenters. The fourth-order valence-electron chi connectivity index (χ4n) is 2.33. The van der Waals surface area contributed by atoms with Crippen LogP contribution < -0.4 is 5.73 Å². The van der Waals surface area contributed by atoms with Crippen molar-refractivity contribution in [3.05, 3.63) is 0 Å². The summed E-state index contributed by atoms with van der Waals surface area (Å²) in [4.78, 5) is 14.2. The number of carbonyl (C=O) groups is 1. The number of amides is 1. The summed E-state index contributed by atoms with van der Waals surface area (Å²) < 4.78 is 0. The molecule has 2 atom stereocenters. The molecule has 17 heavy (non-hydrogen) atoms. The highest BCUT2D eigenvalue weighted by atomic mass is 16.2. The van der Waals surface area contributed by atoms with Gasteiger partial charge in [-0.25, -0.2) is 0 Å². The van der Waals surface area contributed by atoms with Gasteiger partial charge in [0.2, 0.25) is 5.91 Å². The first-order valence-electron chi connectivity index (χ1n) is 6.98. The molecular formula is C14H28N2O. The van der Waals surface area contributed by atoms with Crippen LogP contribution in [0.15, 0.2) is 0 Å². The highest BCUT2D eigenvalue weighted by molar-refractivity contribution is 5.82. The van der Waals surface area contributed by atoms with Crippen LogP contribution in [-0.4, -0.2) is 29.9 Å². The van der Waals surface area contributed by atoms with Gasteiger partial charge in [-0.15, -0.1) is 0 Å². The molecule has 0 saturated carbocycles. The third-order valence-corrected chi connectivity index (χ3v) is 4.68. The molecule has 0 aromatic heterocycles. The molecule has 1 aliphatic heterocycles. The van der Waals surface area contributed by atoms with Gasteiger partial charge in [-0.3, -0.25) is 4.79 Å². The Kier molecular flexibility index (Phi) is 4.99. The quantitative estimate of drug-likeness (QED) is 0.820. The number of nitrogens with zero attached hydrogens (tertiary/aromatic N) is 1. The molecule has 0 aromatic rings. The minimum Gasteiger partial charge on any atom is -0.341 e. The fraction of sp³-hybridized carbons (Fsp3) is 0.929. The largest absolute Gasteiger partial charge is 0.341 e. The van der Waals surface area contributed by atoms with Crippen molar-refractivity contribution in [1.82, 2.24) is 4.90 Å². The van der Waals surface area contributed by atoms with Gasteiger partial charge in [-0.2, -0.15) is 0 Å². The number of nitrogens with two attached hydrogens (primary N) is 1. The van der Waals surface area contributed by atoms with Crippen molar-refractivity contribution >= 4 is 5.91 Å². The first-order chi connectivity index (χ1) is 7.93. The second-order valence-corrected chi connectivity index (χ2v) is 5.90. The summed E-state index contributed by atoms with van der Waals surface area (Å²) in [6, 6.07) is -0.314. The van der Waals surface area contributed by atoms with E-state index in [1.165, 1.54) is 6.42 Å². The molecule has 3 heteroatoms. The number of hydrogen-bond acceptors (Lipinski definition) is 2. The van der Waals surface area contributed by atoms with E-state index in [0.717, 1.165) is 32.4 Å². The Labute approximate surface area is 106 Å². The lowest BCUT2D eigenvalue weighted by Crippen LogP contribution is -2.50. The van der Waals surface area contributed by atoms with Gasteiger partial charge in [0.25, 0.3) is 0 Å². The molecule has 1 aliphatic rings. The van der Waals surface area contributed by atoms with Crippen LogP contribution in [0, 0.1) is 11.3 Å². The predicted molar refractivity (Wildman–Crippen MR) is 71.6 cm³/mol. The number of rotatable bonds is 4. The van der Waals surface area contributed by atoms with E-state index in [4.69, 9.17) is 5.73 Å².